The minimum absolute atomic E-state index is 0.0477. The van der Waals surface area contributed by atoms with Crippen LogP contribution < -0.4 is 16.0 Å². The number of hydrogen-bond acceptors (Lipinski definition) is 5. The molecule has 0 spiro atoms. The van der Waals surface area contributed by atoms with E-state index >= 15 is 0 Å². The molecule has 3 N–H and O–H groups in total. The Labute approximate surface area is 168 Å². The molecule has 160 valence electrons. The van der Waals surface area contributed by atoms with Crippen molar-refractivity contribution in [3.63, 3.8) is 0 Å². The molecule has 0 saturated heterocycles. The average molecular weight is 396 g/mol. The highest BCUT2D eigenvalue weighted by Gasteiger charge is 2.18. The lowest BCUT2D eigenvalue weighted by Crippen LogP contribution is -2.49. The molecule has 0 aliphatic carbocycles. The number of rotatable bonds is 9. The van der Waals surface area contributed by atoms with Gasteiger partial charge in [0.05, 0.1) is 0 Å². The molecule has 0 saturated carbocycles. The summed E-state index contributed by atoms with van der Waals surface area (Å²) < 4.78 is 7.25. The van der Waals surface area contributed by atoms with E-state index in [-0.39, 0.29) is 6.04 Å². The van der Waals surface area contributed by atoms with E-state index < -0.39 is 11.7 Å². The van der Waals surface area contributed by atoms with E-state index in [1.165, 1.54) is 0 Å². The highest BCUT2D eigenvalue weighted by molar-refractivity contribution is 5.80. The van der Waals surface area contributed by atoms with Gasteiger partial charge in [-0.2, -0.15) is 0 Å². The van der Waals surface area contributed by atoms with Gasteiger partial charge in [-0.3, -0.25) is 0 Å². The van der Waals surface area contributed by atoms with Gasteiger partial charge < -0.3 is 25.3 Å². The smallest absolute Gasteiger partial charge is 0.407 e. The first-order valence-corrected chi connectivity index (χ1v) is 10.0. The number of alkyl carbamates (subject to hydrolysis) is 1. The van der Waals surface area contributed by atoms with E-state index in [0.29, 0.717) is 19.0 Å². The van der Waals surface area contributed by atoms with Gasteiger partial charge in [0, 0.05) is 26.2 Å². The molecule has 0 fully saturated rings. The maximum absolute atomic E-state index is 12.0. The van der Waals surface area contributed by atoms with Crippen LogP contribution in [0.15, 0.2) is 4.99 Å². The van der Waals surface area contributed by atoms with Crippen LogP contribution in [0, 0.1) is 6.92 Å². The molecule has 0 aromatic carbocycles. The summed E-state index contributed by atoms with van der Waals surface area (Å²) in [6.45, 7) is 13.2. The van der Waals surface area contributed by atoms with Crippen LogP contribution in [0.25, 0.3) is 0 Å². The van der Waals surface area contributed by atoms with E-state index in [1.54, 1.807) is 0 Å². The molecular weight excluding hydrogens is 358 g/mol. The summed E-state index contributed by atoms with van der Waals surface area (Å²) in [6.07, 6.45) is 2.64. The lowest BCUT2D eigenvalue weighted by molar-refractivity contribution is 0.0522. The SMILES string of the molecule is CCCCC(CNC(=O)OC(C)(C)C)NC(=NCc1nnc(C)n1C)NCC. The van der Waals surface area contributed by atoms with Crippen LogP contribution in [-0.2, 0) is 18.3 Å². The van der Waals surface area contributed by atoms with Crippen molar-refractivity contribution in [2.45, 2.75) is 79.0 Å². The van der Waals surface area contributed by atoms with Gasteiger partial charge in [0.25, 0.3) is 0 Å². The first-order valence-electron chi connectivity index (χ1n) is 10.0. The molecule has 1 amide bonds. The fourth-order valence-corrected chi connectivity index (χ4v) is 2.45. The largest absolute Gasteiger partial charge is 0.444 e. The van der Waals surface area contributed by atoms with Crippen molar-refractivity contribution in [3.05, 3.63) is 11.6 Å². The lowest BCUT2D eigenvalue weighted by atomic mass is 10.1. The van der Waals surface area contributed by atoms with Crippen LogP contribution >= 0.6 is 0 Å². The summed E-state index contributed by atoms with van der Waals surface area (Å²) in [7, 11) is 1.93. The van der Waals surface area contributed by atoms with Gasteiger partial charge in [-0.25, -0.2) is 9.79 Å². The highest BCUT2D eigenvalue weighted by atomic mass is 16.6. The summed E-state index contributed by atoms with van der Waals surface area (Å²) in [4.78, 5) is 16.6. The average Bonchev–Trinajstić information content (AvgIpc) is 2.92. The van der Waals surface area contributed by atoms with Crippen molar-refractivity contribution in [1.29, 1.82) is 0 Å². The molecule has 9 heteroatoms. The first kappa shape index (κ1) is 23.7. The third kappa shape index (κ3) is 9.05. The van der Waals surface area contributed by atoms with E-state index in [9.17, 15) is 4.79 Å². The zero-order valence-electron chi connectivity index (χ0n) is 18.4. The Bertz CT molecular complexity index is 635. The Morgan fingerprint density at radius 1 is 1.25 bits per heavy atom. The number of unbranched alkanes of at least 4 members (excludes halogenated alkanes) is 1. The molecule has 0 radical (unpaired) electrons. The Hall–Kier alpha value is -2.32. The maximum Gasteiger partial charge on any atom is 0.407 e. The number of aliphatic imine (C=N–C) groups is 1. The highest BCUT2D eigenvalue weighted by Crippen LogP contribution is 2.07. The molecule has 0 aliphatic rings. The number of aryl methyl sites for hydroxylation is 1. The molecule has 0 aliphatic heterocycles. The van der Waals surface area contributed by atoms with Gasteiger partial charge >= 0.3 is 6.09 Å². The third-order valence-corrected chi connectivity index (χ3v) is 4.04. The second kappa shape index (κ2) is 11.5. The molecule has 1 aromatic rings. The number of hydrogen-bond donors (Lipinski definition) is 3. The molecule has 1 rings (SSSR count). The van der Waals surface area contributed by atoms with E-state index in [1.807, 2.05) is 46.2 Å². The van der Waals surface area contributed by atoms with Gasteiger partial charge in [0.15, 0.2) is 11.8 Å². The standard InChI is InChI=1S/C19H37N7O2/c1-8-10-11-15(12-22-18(27)28-19(4,5)6)23-17(20-9-2)21-13-16-25-24-14(3)26(16)7/h15H,8-13H2,1-7H3,(H,22,27)(H2,20,21,23). The quantitative estimate of drug-likeness (QED) is 0.437. The van der Waals surface area contributed by atoms with Crippen LogP contribution in [0.1, 0.15) is 65.5 Å². The zero-order chi connectivity index (χ0) is 21.2. The van der Waals surface area contributed by atoms with E-state index in [0.717, 1.165) is 37.5 Å². The minimum Gasteiger partial charge on any atom is -0.444 e. The Morgan fingerprint density at radius 2 is 1.96 bits per heavy atom. The molecule has 28 heavy (non-hydrogen) atoms. The number of nitrogens with zero attached hydrogens (tertiary/aromatic N) is 4. The molecule has 1 heterocycles. The molecular formula is C19H37N7O2. The molecule has 1 unspecified atom stereocenters. The lowest BCUT2D eigenvalue weighted by Gasteiger charge is -2.24. The number of carbonyl (C=O) groups excluding carboxylic acids is 1. The number of nitrogens with one attached hydrogen (secondary N) is 3. The van der Waals surface area contributed by atoms with Crippen molar-refractivity contribution in [1.82, 2.24) is 30.7 Å². The molecule has 1 aromatic heterocycles. The predicted molar refractivity (Wildman–Crippen MR) is 111 cm³/mol. The van der Waals surface area contributed by atoms with Crippen molar-refractivity contribution < 1.29 is 9.53 Å². The molecule has 1 atom stereocenters. The van der Waals surface area contributed by atoms with E-state index in [2.05, 4.69) is 38.1 Å². The number of aromatic nitrogens is 3. The normalized spacial score (nSPS) is 13.2. The molecule has 9 nitrogen and oxygen atoms in total. The van der Waals surface area contributed by atoms with Crippen LogP contribution in [0.3, 0.4) is 0 Å². The Balaban J connectivity index is 2.73. The number of carbonyl (C=O) groups is 1. The van der Waals surface area contributed by atoms with Gasteiger partial charge in [-0.15, -0.1) is 10.2 Å². The van der Waals surface area contributed by atoms with Crippen molar-refractivity contribution in [2.75, 3.05) is 13.1 Å². The zero-order valence-corrected chi connectivity index (χ0v) is 18.4. The second-order valence-electron chi connectivity index (χ2n) is 7.78. The predicted octanol–water partition coefficient (Wildman–Crippen LogP) is 2.26. The maximum atomic E-state index is 12.0. The summed E-state index contributed by atoms with van der Waals surface area (Å²) in [5.41, 5.74) is -0.513. The summed E-state index contributed by atoms with van der Waals surface area (Å²) in [6, 6.07) is 0.0477. The topological polar surface area (TPSA) is 105 Å². The number of guanidine groups is 1. The van der Waals surface area contributed by atoms with Crippen LogP contribution in [0.4, 0.5) is 4.79 Å². The first-order chi connectivity index (χ1) is 13.2. The van der Waals surface area contributed by atoms with Gasteiger partial charge in [0.1, 0.15) is 18.0 Å². The van der Waals surface area contributed by atoms with Gasteiger partial charge in [-0.05, 0) is 41.0 Å². The van der Waals surface area contributed by atoms with Crippen molar-refractivity contribution in [3.8, 4) is 0 Å². The van der Waals surface area contributed by atoms with Crippen LogP contribution in [-0.4, -0.2) is 51.5 Å². The second-order valence-corrected chi connectivity index (χ2v) is 7.78. The fourth-order valence-electron chi connectivity index (χ4n) is 2.45. The third-order valence-electron chi connectivity index (χ3n) is 4.04. The summed E-state index contributed by atoms with van der Waals surface area (Å²) >= 11 is 0. The van der Waals surface area contributed by atoms with Crippen LogP contribution in [0.2, 0.25) is 0 Å². The van der Waals surface area contributed by atoms with Crippen molar-refractivity contribution in [2.24, 2.45) is 12.0 Å². The molecule has 0 bridgehead atoms. The Kier molecular flexibility index (Phi) is 9.75. The van der Waals surface area contributed by atoms with Crippen molar-refractivity contribution >= 4 is 12.1 Å². The van der Waals surface area contributed by atoms with Gasteiger partial charge in [-0.1, -0.05) is 19.8 Å². The summed E-state index contributed by atoms with van der Waals surface area (Å²) in [5.74, 6) is 2.34. The minimum atomic E-state index is -0.513. The van der Waals surface area contributed by atoms with Gasteiger partial charge in [0.2, 0.25) is 0 Å². The number of ether oxygens (including phenoxy) is 1. The van der Waals surface area contributed by atoms with Crippen LogP contribution in [0.5, 0.6) is 0 Å². The number of amides is 1. The monoisotopic (exact) mass is 395 g/mol. The summed E-state index contributed by atoms with van der Waals surface area (Å²) in [5, 5.41) is 17.7. The Morgan fingerprint density at radius 3 is 2.50 bits per heavy atom. The fraction of sp³-hybridized carbons (Fsp3) is 0.789. The van der Waals surface area contributed by atoms with E-state index in [4.69, 9.17) is 4.74 Å².